The van der Waals surface area contributed by atoms with E-state index in [4.69, 9.17) is 5.11 Å². The van der Waals surface area contributed by atoms with Crippen LogP contribution in [0.2, 0.25) is 0 Å². The van der Waals surface area contributed by atoms with E-state index in [0.717, 1.165) is 10.6 Å². The molecule has 0 radical (unpaired) electrons. The monoisotopic (exact) mass is 259 g/mol. The number of hydrogen-bond donors (Lipinski definition) is 1. The summed E-state index contributed by atoms with van der Waals surface area (Å²) in [5, 5.41) is 8.49. The number of rotatable bonds is 7. The summed E-state index contributed by atoms with van der Waals surface area (Å²) in [4.78, 5) is 0. The van der Waals surface area contributed by atoms with Gasteiger partial charge in [0.05, 0.1) is 11.5 Å². The van der Waals surface area contributed by atoms with Crippen LogP contribution < -0.4 is 0 Å². The molecule has 0 spiro atoms. The number of aliphatic hydroxyl groups excluding tert-OH is 1. The first-order chi connectivity index (χ1) is 6.69. The molecule has 0 saturated heterocycles. The summed E-state index contributed by atoms with van der Waals surface area (Å²) in [5.74, 6) is -0.356. The summed E-state index contributed by atoms with van der Waals surface area (Å²) in [6.45, 7) is -0.244. The second kappa shape index (κ2) is 5.78. The van der Waals surface area contributed by atoms with Crippen LogP contribution in [0, 0.1) is 0 Å². The van der Waals surface area contributed by atoms with Gasteiger partial charge in [-0.2, -0.15) is 0 Å². The van der Waals surface area contributed by atoms with Crippen molar-refractivity contribution in [3.8, 4) is 0 Å². The predicted octanol–water partition coefficient (Wildman–Crippen LogP) is -1.32. The van der Waals surface area contributed by atoms with Crippen molar-refractivity contribution in [3.63, 3.8) is 0 Å². The van der Waals surface area contributed by atoms with Crippen LogP contribution in [0.5, 0.6) is 0 Å². The maximum Gasteiger partial charge on any atom is 0.213 e. The van der Waals surface area contributed by atoms with Gasteiger partial charge in [-0.3, -0.25) is 0 Å². The summed E-state index contributed by atoms with van der Waals surface area (Å²) in [5.41, 5.74) is 0. The van der Waals surface area contributed by atoms with E-state index < -0.39 is 19.9 Å². The molecule has 0 rings (SSSR count). The Morgan fingerprint density at radius 2 is 1.67 bits per heavy atom. The number of sulfone groups is 1. The molecule has 0 unspecified atom stereocenters. The molecule has 6 nitrogen and oxygen atoms in total. The maximum atomic E-state index is 11.4. The Bertz CT molecular complexity index is 372. The summed E-state index contributed by atoms with van der Waals surface area (Å²) in [6.07, 6.45) is 1.22. The fourth-order valence-corrected chi connectivity index (χ4v) is 2.73. The summed E-state index contributed by atoms with van der Waals surface area (Å²) in [7, 11) is -5.26. The highest BCUT2D eigenvalue weighted by Gasteiger charge is 2.18. The van der Waals surface area contributed by atoms with Crippen LogP contribution in [0.3, 0.4) is 0 Å². The van der Waals surface area contributed by atoms with Gasteiger partial charge in [-0.25, -0.2) is 21.1 Å². The SMILES string of the molecule is CN(CCS(C)(=O)=O)S(=O)(=O)CCCO. The van der Waals surface area contributed by atoms with Crippen molar-refractivity contribution in [3.05, 3.63) is 0 Å². The van der Waals surface area contributed by atoms with Crippen LogP contribution in [0.4, 0.5) is 0 Å². The van der Waals surface area contributed by atoms with Crippen LogP contribution in [-0.4, -0.2) is 64.2 Å². The molecule has 15 heavy (non-hydrogen) atoms. The highest BCUT2D eigenvalue weighted by Crippen LogP contribution is 2.00. The minimum absolute atomic E-state index is 0.0490. The van der Waals surface area contributed by atoms with Crippen molar-refractivity contribution >= 4 is 19.9 Å². The molecule has 0 fully saturated rings. The van der Waals surface area contributed by atoms with E-state index in [0.29, 0.717) is 0 Å². The van der Waals surface area contributed by atoms with Gasteiger partial charge < -0.3 is 5.11 Å². The molecule has 92 valence electrons. The van der Waals surface area contributed by atoms with E-state index in [1.54, 1.807) is 0 Å². The fraction of sp³-hybridized carbons (Fsp3) is 1.00. The van der Waals surface area contributed by atoms with Crippen molar-refractivity contribution in [1.29, 1.82) is 0 Å². The summed E-state index contributed by atoms with van der Waals surface area (Å²) >= 11 is 0. The lowest BCUT2D eigenvalue weighted by Gasteiger charge is -2.15. The van der Waals surface area contributed by atoms with E-state index in [9.17, 15) is 16.8 Å². The van der Waals surface area contributed by atoms with Gasteiger partial charge in [0, 0.05) is 26.5 Å². The molecular formula is C7H17NO5S2. The third kappa shape index (κ3) is 6.82. The second-order valence-corrected chi connectivity index (χ2v) is 7.80. The number of aliphatic hydroxyl groups is 1. The molecule has 0 aromatic carbocycles. The molecule has 0 bridgehead atoms. The number of hydrogen-bond acceptors (Lipinski definition) is 5. The number of sulfonamides is 1. The van der Waals surface area contributed by atoms with Gasteiger partial charge in [-0.05, 0) is 6.42 Å². The molecule has 0 aromatic heterocycles. The Balaban J connectivity index is 4.26. The van der Waals surface area contributed by atoms with Crippen molar-refractivity contribution < 1.29 is 21.9 Å². The Morgan fingerprint density at radius 3 is 2.07 bits per heavy atom. The Hall–Kier alpha value is -0.180. The lowest BCUT2D eigenvalue weighted by molar-refractivity contribution is 0.294. The zero-order valence-corrected chi connectivity index (χ0v) is 10.5. The van der Waals surface area contributed by atoms with Crippen molar-refractivity contribution in [2.24, 2.45) is 0 Å². The third-order valence-electron chi connectivity index (χ3n) is 1.81. The van der Waals surface area contributed by atoms with Gasteiger partial charge in [0.1, 0.15) is 9.84 Å². The molecular weight excluding hydrogens is 242 g/mol. The largest absolute Gasteiger partial charge is 0.396 e. The van der Waals surface area contributed by atoms with Gasteiger partial charge in [0.2, 0.25) is 10.0 Å². The number of nitrogens with zero attached hydrogens (tertiary/aromatic N) is 1. The van der Waals surface area contributed by atoms with Gasteiger partial charge in [0.15, 0.2) is 0 Å². The minimum Gasteiger partial charge on any atom is -0.396 e. The van der Waals surface area contributed by atoms with E-state index in [1.807, 2.05) is 0 Å². The van der Waals surface area contributed by atoms with Crippen molar-refractivity contribution in [2.45, 2.75) is 6.42 Å². The third-order valence-corrected chi connectivity index (χ3v) is 4.67. The van der Waals surface area contributed by atoms with E-state index >= 15 is 0 Å². The van der Waals surface area contributed by atoms with E-state index in [2.05, 4.69) is 0 Å². The molecule has 0 aromatic rings. The molecule has 0 heterocycles. The lowest BCUT2D eigenvalue weighted by Crippen LogP contribution is -2.33. The van der Waals surface area contributed by atoms with E-state index in [-0.39, 0.29) is 31.1 Å². The Morgan fingerprint density at radius 1 is 1.13 bits per heavy atom. The normalized spacial score (nSPS) is 13.3. The predicted molar refractivity (Wildman–Crippen MR) is 57.8 cm³/mol. The van der Waals surface area contributed by atoms with Gasteiger partial charge in [-0.15, -0.1) is 0 Å². The van der Waals surface area contributed by atoms with E-state index in [1.165, 1.54) is 7.05 Å². The molecule has 0 aliphatic heterocycles. The van der Waals surface area contributed by atoms with Crippen LogP contribution in [-0.2, 0) is 19.9 Å². The first kappa shape index (κ1) is 14.8. The molecule has 0 aliphatic carbocycles. The highest BCUT2D eigenvalue weighted by atomic mass is 32.2. The molecule has 8 heteroatoms. The smallest absolute Gasteiger partial charge is 0.213 e. The van der Waals surface area contributed by atoms with Crippen molar-refractivity contribution in [2.75, 3.05) is 38.0 Å². The molecule has 0 aliphatic rings. The van der Waals surface area contributed by atoms with Crippen LogP contribution in [0.15, 0.2) is 0 Å². The molecule has 0 amide bonds. The second-order valence-electron chi connectivity index (χ2n) is 3.34. The highest BCUT2D eigenvalue weighted by molar-refractivity contribution is 7.91. The van der Waals surface area contributed by atoms with Gasteiger partial charge in [-0.1, -0.05) is 0 Å². The van der Waals surface area contributed by atoms with Crippen LogP contribution in [0.1, 0.15) is 6.42 Å². The van der Waals surface area contributed by atoms with Crippen LogP contribution in [0.25, 0.3) is 0 Å². The molecule has 0 saturated carbocycles. The maximum absolute atomic E-state index is 11.4. The fourth-order valence-electron chi connectivity index (χ4n) is 0.836. The quantitative estimate of drug-likeness (QED) is 0.612. The average Bonchev–Trinajstić information content (AvgIpc) is 2.09. The molecule has 1 N–H and O–H groups in total. The van der Waals surface area contributed by atoms with Crippen molar-refractivity contribution in [1.82, 2.24) is 4.31 Å². The zero-order chi connectivity index (χ0) is 12.1. The Labute approximate surface area is 90.9 Å². The zero-order valence-electron chi connectivity index (χ0n) is 8.88. The minimum atomic E-state index is -3.44. The topological polar surface area (TPSA) is 91.8 Å². The summed E-state index contributed by atoms with van der Waals surface area (Å²) < 4.78 is 45.5. The first-order valence-corrected chi connectivity index (χ1v) is 8.08. The van der Waals surface area contributed by atoms with Crippen LogP contribution >= 0.6 is 0 Å². The Kier molecular flexibility index (Phi) is 5.71. The average molecular weight is 259 g/mol. The van der Waals surface area contributed by atoms with Gasteiger partial charge in [0.25, 0.3) is 0 Å². The lowest BCUT2D eigenvalue weighted by atomic mass is 10.5. The standard InChI is InChI=1S/C7H17NO5S2/c1-8(4-7-14(2,10)11)15(12,13)6-3-5-9/h9H,3-7H2,1-2H3. The first-order valence-electron chi connectivity index (χ1n) is 4.41. The molecule has 0 atom stereocenters. The summed E-state index contributed by atoms with van der Waals surface area (Å²) in [6, 6.07) is 0. The van der Waals surface area contributed by atoms with Gasteiger partial charge >= 0.3 is 0 Å².